The number of carbonyl (C=O) groups excluding carboxylic acids is 1. The first-order valence-electron chi connectivity index (χ1n) is 6.16. The first kappa shape index (κ1) is 15.0. The third-order valence-corrected chi connectivity index (χ3v) is 2.59. The van der Waals surface area contributed by atoms with E-state index in [4.69, 9.17) is 5.11 Å². The Morgan fingerprint density at radius 2 is 2.16 bits per heavy atom. The van der Waals surface area contributed by atoms with E-state index >= 15 is 0 Å². The van der Waals surface area contributed by atoms with Gasteiger partial charge in [-0.25, -0.2) is 9.59 Å². The van der Waals surface area contributed by atoms with Crippen LogP contribution in [0, 0.1) is 5.92 Å². The fourth-order valence-electron chi connectivity index (χ4n) is 1.53. The van der Waals surface area contributed by atoms with Gasteiger partial charge >= 0.3 is 12.0 Å². The van der Waals surface area contributed by atoms with Crippen LogP contribution in [0.25, 0.3) is 0 Å². The number of hydrogen-bond acceptors (Lipinski definition) is 3. The van der Waals surface area contributed by atoms with Gasteiger partial charge in [-0.3, -0.25) is 4.68 Å². The lowest BCUT2D eigenvalue weighted by molar-refractivity contribution is -0.139. The molecule has 0 radical (unpaired) electrons. The average Bonchev–Trinajstić information content (AvgIpc) is 2.71. The Morgan fingerprint density at radius 3 is 2.63 bits per heavy atom. The van der Waals surface area contributed by atoms with Crippen LogP contribution in [0.5, 0.6) is 0 Å². The summed E-state index contributed by atoms with van der Waals surface area (Å²) in [5.74, 6) is -0.638. The van der Waals surface area contributed by atoms with Crippen LogP contribution in [0.4, 0.5) is 4.79 Å². The molecule has 2 amide bonds. The number of nitrogens with zero attached hydrogens (tertiary/aromatic N) is 2. The monoisotopic (exact) mass is 268 g/mol. The van der Waals surface area contributed by atoms with E-state index in [1.165, 1.54) is 10.9 Å². The summed E-state index contributed by atoms with van der Waals surface area (Å²) >= 11 is 0. The van der Waals surface area contributed by atoms with Crippen molar-refractivity contribution in [2.24, 2.45) is 13.0 Å². The number of carboxylic acid groups (broad SMARTS) is 1. The molecule has 7 nitrogen and oxygen atoms in total. The summed E-state index contributed by atoms with van der Waals surface area (Å²) in [6.07, 6.45) is 3.83. The van der Waals surface area contributed by atoms with Gasteiger partial charge in [0.2, 0.25) is 0 Å². The third kappa shape index (κ3) is 4.99. The smallest absolute Gasteiger partial charge is 0.331 e. The Labute approximate surface area is 112 Å². The van der Waals surface area contributed by atoms with Crippen molar-refractivity contribution in [2.75, 3.05) is 6.54 Å². The van der Waals surface area contributed by atoms with Gasteiger partial charge in [-0.15, -0.1) is 0 Å². The highest BCUT2D eigenvalue weighted by Gasteiger charge is 2.23. The number of carbonyl (C=O) groups is 2. The lowest BCUT2D eigenvalue weighted by Crippen LogP contribution is -2.41. The molecule has 106 valence electrons. The second-order valence-corrected chi connectivity index (χ2v) is 4.80. The van der Waals surface area contributed by atoms with Gasteiger partial charge in [-0.2, -0.15) is 5.10 Å². The topological polar surface area (TPSA) is 96.2 Å². The van der Waals surface area contributed by atoms with Gasteiger partial charge < -0.3 is 15.7 Å². The number of aliphatic carboxylic acids is 1. The van der Waals surface area contributed by atoms with Crippen molar-refractivity contribution in [1.29, 1.82) is 0 Å². The van der Waals surface area contributed by atoms with Crippen LogP contribution >= 0.6 is 0 Å². The van der Waals surface area contributed by atoms with Crippen molar-refractivity contribution in [1.82, 2.24) is 20.4 Å². The Balaban J connectivity index is 2.55. The minimum absolute atomic E-state index is 0.439. The maximum atomic E-state index is 11.6. The highest BCUT2D eigenvalue weighted by Crippen LogP contribution is 2.11. The second-order valence-electron chi connectivity index (χ2n) is 4.80. The molecule has 0 bridgehead atoms. The van der Waals surface area contributed by atoms with E-state index in [9.17, 15) is 9.59 Å². The lowest BCUT2D eigenvalue weighted by atomic mass is 10.1. The molecule has 1 rings (SSSR count). The molecule has 0 fully saturated rings. The zero-order chi connectivity index (χ0) is 14.4. The minimum atomic E-state index is -1.12. The van der Waals surface area contributed by atoms with Crippen LogP contribution in [0.2, 0.25) is 0 Å². The van der Waals surface area contributed by atoms with Crippen LogP contribution in [0.15, 0.2) is 12.4 Å². The molecule has 0 aliphatic carbocycles. The molecule has 0 aliphatic heterocycles. The Hall–Kier alpha value is -2.05. The van der Waals surface area contributed by atoms with E-state index in [-0.39, 0.29) is 0 Å². The highest BCUT2D eigenvalue weighted by molar-refractivity contribution is 5.83. The highest BCUT2D eigenvalue weighted by atomic mass is 16.4. The molecule has 3 N–H and O–H groups in total. The Bertz CT molecular complexity index is 442. The number of nitrogens with one attached hydrogen (secondary N) is 2. The van der Waals surface area contributed by atoms with Gasteiger partial charge in [0.05, 0.1) is 6.20 Å². The van der Waals surface area contributed by atoms with Gasteiger partial charge in [0, 0.05) is 25.4 Å². The van der Waals surface area contributed by atoms with Gasteiger partial charge in [0.15, 0.2) is 6.04 Å². The fourth-order valence-corrected chi connectivity index (χ4v) is 1.53. The molecule has 1 heterocycles. The van der Waals surface area contributed by atoms with Crippen LogP contribution in [-0.4, -0.2) is 33.4 Å². The van der Waals surface area contributed by atoms with E-state index in [0.29, 0.717) is 18.0 Å². The van der Waals surface area contributed by atoms with Crippen molar-refractivity contribution >= 4 is 12.0 Å². The molecular weight excluding hydrogens is 248 g/mol. The SMILES string of the molecule is CC(C)CCNC(=O)NC(C(=O)O)c1cnn(C)c1. The van der Waals surface area contributed by atoms with E-state index in [2.05, 4.69) is 29.6 Å². The lowest BCUT2D eigenvalue weighted by Gasteiger charge is -2.14. The van der Waals surface area contributed by atoms with Gasteiger partial charge in [-0.05, 0) is 12.3 Å². The van der Waals surface area contributed by atoms with Crippen molar-refractivity contribution in [3.8, 4) is 0 Å². The van der Waals surface area contributed by atoms with Crippen molar-refractivity contribution in [3.63, 3.8) is 0 Å². The first-order valence-corrected chi connectivity index (χ1v) is 6.16. The number of hydrogen-bond donors (Lipinski definition) is 3. The zero-order valence-corrected chi connectivity index (χ0v) is 11.4. The second kappa shape index (κ2) is 6.77. The van der Waals surface area contributed by atoms with Crippen LogP contribution < -0.4 is 10.6 Å². The van der Waals surface area contributed by atoms with Crippen molar-refractivity contribution in [3.05, 3.63) is 18.0 Å². The van der Waals surface area contributed by atoms with Gasteiger partial charge in [0.25, 0.3) is 0 Å². The van der Waals surface area contributed by atoms with Crippen LogP contribution in [-0.2, 0) is 11.8 Å². The molecule has 0 aliphatic rings. The summed E-state index contributed by atoms with van der Waals surface area (Å²) in [7, 11) is 1.69. The van der Waals surface area contributed by atoms with E-state index in [1.807, 2.05) is 0 Å². The van der Waals surface area contributed by atoms with E-state index in [0.717, 1.165) is 6.42 Å². The molecule has 7 heteroatoms. The maximum Gasteiger partial charge on any atom is 0.331 e. The number of carboxylic acids is 1. The van der Waals surface area contributed by atoms with Gasteiger partial charge in [-0.1, -0.05) is 13.8 Å². The average molecular weight is 268 g/mol. The normalized spacial score (nSPS) is 12.2. The summed E-state index contributed by atoms with van der Waals surface area (Å²) < 4.78 is 1.49. The number of rotatable bonds is 6. The molecule has 0 saturated heterocycles. The molecule has 0 aromatic carbocycles. The molecule has 19 heavy (non-hydrogen) atoms. The fraction of sp³-hybridized carbons (Fsp3) is 0.583. The Kier molecular flexibility index (Phi) is 5.35. The molecule has 0 spiro atoms. The van der Waals surface area contributed by atoms with E-state index in [1.54, 1.807) is 13.2 Å². The molecule has 1 aromatic heterocycles. The number of amides is 2. The molecule has 0 saturated carbocycles. The largest absolute Gasteiger partial charge is 0.479 e. The van der Waals surface area contributed by atoms with E-state index < -0.39 is 18.0 Å². The summed E-state index contributed by atoms with van der Waals surface area (Å²) in [5.41, 5.74) is 0.439. The van der Waals surface area contributed by atoms with Crippen LogP contribution in [0.3, 0.4) is 0 Å². The first-order chi connectivity index (χ1) is 8.90. The summed E-state index contributed by atoms with van der Waals surface area (Å²) in [4.78, 5) is 22.8. The summed E-state index contributed by atoms with van der Waals surface area (Å²) in [5, 5.41) is 18.1. The molecule has 1 aromatic rings. The number of aromatic nitrogens is 2. The predicted octanol–water partition coefficient (Wildman–Crippen LogP) is 0.891. The molecular formula is C12H20N4O3. The predicted molar refractivity (Wildman–Crippen MR) is 69.6 cm³/mol. The van der Waals surface area contributed by atoms with Crippen molar-refractivity contribution in [2.45, 2.75) is 26.3 Å². The number of urea groups is 1. The zero-order valence-electron chi connectivity index (χ0n) is 11.4. The Morgan fingerprint density at radius 1 is 1.47 bits per heavy atom. The standard InChI is InChI=1S/C12H20N4O3/c1-8(2)4-5-13-12(19)15-10(11(17)18)9-6-14-16(3)7-9/h6-8,10H,4-5H2,1-3H3,(H,17,18)(H2,13,15,19). The third-order valence-electron chi connectivity index (χ3n) is 2.59. The van der Waals surface area contributed by atoms with Crippen molar-refractivity contribution < 1.29 is 14.7 Å². The summed E-state index contributed by atoms with van der Waals surface area (Å²) in [6, 6.07) is -1.58. The molecule has 1 unspecified atom stereocenters. The van der Waals surface area contributed by atoms with Crippen LogP contribution in [0.1, 0.15) is 31.9 Å². The minimum Gasteiger partial charge on any atom is -0.479 e. The van der Waals surface area contributed by atoms with Gasteiger partial charge in [0.1, 0.15) is 0 Å². The maximum absolute atomic E-state index is 11.6. The number of aryl methyl sites for hydroxylation is 1. The molecule has 1 atom stereocenters. The quantitative estimate of drug-likeness (QED) is 0.714. The summed E-state index contributed by atoms with van der Waals surface area (Å²) in [6.45, 7) is 4.62.